The lowest BCUT2D eigenvalue weighted by Crippen LogP contribution is -2.46. The highest BCUT2D eigenvalue weighted by Gasteiger charge is 2.28. The first kappa shape index (κ1) is 19.2. The molecule has 0 atom stereocenters. The molecule has 8 nitrogen and oxygen atoms in total. The summed E-state index contributed by atoms with van der Waals surface area (Å²) in [5.41, 5.74) is 0.950. The van der Waals surface area contributed by atoms with Gasteiger partial charge in [-0.2, -0.15) is 0 Å². The van der Waals surface area contributed by atoms with Crippen molar-refractivity contribution in [3.63, 3.8) is 0 Å². The average molecular weight is 448 g/mol. The van der Waals surface area contributed by atoms with Crippen molar-refractivity contribution in [2.45, 2.75) is 18.9 Å². The minimum absolute atomic E-state index is 0.191. The van der Waals surface area contributed by atoms with Crippen LogP contribution in [0.1, 0.15) is 29.2 Å². The molecule has 0 bridgehead atoms. The first-order valence-electron chi connectivity index (χ1n) is 10.7. The average Bonchev–Trinajstić information content (AvgIpc) is 3.56. The molecule has 6 rings (SSSR count). The predicted octanol–water partition coefficient (Wildman–Crippen LogP) is 3.37. The van der Waals surface area contributed by atoms with E-state index in [1.807, 2.05) is 28.8 Å². The maximum absolute atomic E-state index is 12.7. The van der Waals surface area contributed by atoms with Gasteiger partial charge in [0.1, 0.15) is 17.0 Å². The molecule has 0 spiro atoms. The van der Waals surface area contributed by atoms with Gasteiger partial charge in [-0.25, -0.2) is 14.8 Å². The number of carboxylic acids is 1. The monoisotopic (exact) mass is 447 g/mol. The number of rotatable bonds is 4. The number of carboxylic acid groups (broad SMARTS) is 1. The van der Waals surface area contributed by atoms with Gasteiger partial charge in [-0.05, 0) is 37.1 Å². The number of thiazole rings is 1. The van der Waals surface area contributed by atoms with E-state index >= 15 is 0 Å². The number of aromatic carboxylic acids is 1. The summed E-state index contributed by atoms with van der Waals surface area (Å²) in [7, 11) is 0. The molecule has 1 aromatic carbocycles. The van der Waals surface area contributed by atoms with E-state index < -0.39 is 11.4 Å². The molecule has 4 heterocycles. The van der Waals surface area contributed by atoms with Crippen molar-refractivity contribution >= 4 is 49.5 Å². The Hall–Kier alpha value is -3.46. The lowest BCUT2D eigenvalue weighted by atomic mass is 10.2. The van der Waals surface area contributed by atoms with Crippen molar-refractivity contribution in [3.05, 3.63) is 58.4 Å². The van der Waals surface area contributed by atoms with Gasteiger partial charge in [0.15, 0.2) is 5.13 Å². The Morgan fingerprint density at radius 3 is 2.47 bits per heavy atom. The van der Waals surface area contributed by atoms with Crippen LogP contribution in [-0.2, 0) is 0 Å². The normalized spacial score (nSPS) is 16.8. The van der Waals surface area contributed by atoms with Gasteiger partial charge in [0.2, 0.25) is 5.43 Å². The summed E-state index contributed by atoms with van der Waals surface area (Å²) < 4.78 is 3.07. The van der Waals surface area contributed by atoms with E-state index in [-0.39, 0.29) is 11.6 Å². The molecule has 32 heavy (non-hydrogen) atoms. The molecule has 162 valence electrons. The molecule has 1 saturated heterocycles. The highest BCUT2D eigenvalue weighted by atomic mass is 32.1. The lowest BCUT2D eigenvalue weighted by molar-refractivity contribution is 0.0695. The molecule has 4 aromatic rings. The van der Waals surface area contributed by atoms with Crippen LogP contribution in [0.15, 0.2) is 47.4 Å². The third kappa shape index (κ3) is 3.20. The number of piperazine rings is 1. The second-order valence-electron chi connectivity index (χ2n) is 8.29. The van der Waals surface area contributed by atoms with Crippen molar-refractivity contribution in [2.24, 2.45) is 0 Å². The van der Waals surface area contributed by atoms with Gasteiger partial charge in [0.25, 0.3) is 0 Å². The van der Waals surface area contributed by atoms with E-state index in [1.54, 1.807) is 17.4 Å². The summed E-state index contributed by atoms with van der Waals surface area (Å²) in [4.78, 5) is 38.3. The Morgan fingerprint density at radius 2 is 1.75 bits per heavy atom. The molecular weight excluding hydrogens is 426 g/mol. The number of nitrogens with zero attached hydrogens (tertiary/aromatic N) is 5. The number of benzene rings is 1. The molecule has 1 aliphatic heterocycles. The number of pyridine rings is 2. The quantitative estimate of drug-likeness (QED) is 0.513. The fourth-order valence-corrected chi connectivity index (χ4v) is 5.32. The summed E-state index contributed by atoms with van der Waals surface area (Å²) in [5, 5.41) is 10.8. The molecule has 2 fully saturated rings. The fraction of sp³-hybridized carbons (Fsp3) is 0.304. The topological polar surface area (TPSA) is 91.6 Å². The maximum atomic E-state index is 12.7. The van der Waals surface area contributed by atoms with Crippen LogP contribution in [0.4, 0.5) is 10.9 Å². The van der Waals surface area contributed by atoms with Crippen molar-refractivity contribution in [1.29, 1.82) is 0 Å². The summed E-state index contributed by atoms with van der Waals surface area (Å²) >= 11 is 1.71. The third-order valence-electron chi connectivity index (χ3n) is 6.19. The van der Waals surface area contributed by atoms with Gasteiger partial charge in [-0.15, -0.1) is 0 Å². The van der Waals surface area contributed by atoms with Crippen LogP contribution in [0.2, 0.25) is 0 Å². The Kier molecular flexibility index (Phi) is 4.39. The van der Waals surface area contributed by atoms with E-state index in [1.165, 1.54) is 10.9 Å². The summed E-state index contributed by atoms with van der Waals surface area (Å²) in [6, 6.07) is 12.0. The minimum atomic E-state index is -1.19. The van der Waals surface area contributed by atoms with E-state index in [4.69, 9.17) is 9.97 Å². The van der Waals surface area contributed by atoms with E-state index in [9.17, 15) is 14.7 Å². The van der Waals surface area contributed by atoms with E-state index in [0.29, 0.717) is 11.0 Å². The zero-order valence-corrected chi connectivity index (χ0v) is 18.1. The van der Waals surface area contributed by atoms with Crippen LogP contribution in [-0.4, -0.2) is 51.8 Å². The zero-order chi connectivity index (χ0) is 21.8. The maximum Gasteiger partial charge on any atom is 0.341 e. The van der Waals surface area contributed by atoms with Crippen LogP contribution >= 0.6 is 11.3 Å². The van der Waals surface area contributed by atoms with Gasteiger partial charge in [0, 0.05) is 38.4 Å². The van der Waals surface area contributed by atoms with Crippen molar-refractivity contribution < 1.29 is 9.90 Å². The summed E-state index contributed by atoms with van der Waals surface area (Å²) in [5.74, 6) is -0.375. The van der Waals surface area contributed by atoms with Crippen molar-refractivity contribution in [3.8, 4) is 0 Å². The SMILES string of the molecule is O=C(O)c1cn(C2CC2)c2nc(N3CCN(c4nc5ccccc5s4)CC3)ccc2c1=O. The highest BCUT2D eigenvalue weighted by molar-refractivity contribution is 7.22. The number of para-hydroxylation sites is 1. The number of hydrogen-bond acceptors (Lipinski definition) is 7. The predicted molar refractivity (Wildman–Crippen MR) is 125 cm³/mol. The molecule has 3 aromatic heterocycles. The molecule has 1 saturated carbocycles. The Bertz CT molecular complexity index is 1380. The summed E-state index contributed by atoms with van der Waals surface area (Å²) in [6.45, 7) is 3.28. The van der Waals surface area contributed by atoms with Gasteiger partial charge < -0.3 is 19.5 Å². The third-order valence-corrected chi connectivity index (χ3v) is 7.29. The van der Waals surface area contributed by atoms with Crippen LogP contribution in [0.3, 0.4) is 0 Å². The summed E-state index contributed by atoms with van der Waals surface area (Å²) in [6.07, 6.45) is 3.42. The second kappa shape index (κ2) is 7.30. The van der Waals surface area contributed by atoms with E-state index in [2.05, 4.69) is 15.9 Å². The first-order chi connectivity index (χ1) is 15.6. The fourth-order valence-electron chi connectivity index (χ4n) is 4.30. The Labute approximate surface area is 187 Å². The highest BCUT2D eigenvalue weighted by Crippen LogP contribution is 2.37. The van der Waals surface area contributed by atoms with Crippen molar-refractivity contribution in [1.82, 2.24) is 14.5 Å². The zero-order valence-electron chi connectivity index (χ0n) is 17.3. The molecule has 0 unspecified atom stereocenters. The van der Waals surface area contributed by atoms with Crippen LogP contribution in [0, 0.1) is 0 Å². The number of anilines is 2. The van der Waals surface area contributed by atoms with Crippen LogP contribution < -0.4 is 15.2 Å². The molecule has 0 radical (unpaired) electrons. The number of aromatic nitrogens is 3. The molecule has 2 aliphatic rings. The van der Waals surface area contributed by atoms with Crippen LogP contribution in [0.5, 0.6) is 0 Å². The number of fused-ring (bicyclic) bond motifs is 2. The van der Waals surface area contributed by atoms with Gasteiger partial charge in [-0.3, -0.25) is 4.79 Å². The molecular formula is C23H21N5O3S. The van der Waals surface area contributed by atoms with Gasteiger partial charge in [-0.1, -0.05) is 23.5 Å². The van der Waals surface area contributed by atoms with Gasteiger partial charge in [0.05, 0.1) is 15.6 Å². The Morgan fingerprint density at radius 1 is 1.00 bits per heavy atom. The van der Waals surface area contributed by atoms with E-state index in [0.717, 1.165) is 55.5 Å². The molecule has 1 aliphatic carbocycles. The van der Waals surface area contributed by atoms with Gasteiger partial charge >= 0.3 is 5.97 Å². The first-order valence-corrected chi connectivity index (χ1v) is 11.5. The van der Waals surface area contributed by atoms with Crippen molar-refractivity contribution in [2.75, 3.05) is 36.0 Å². The van der Waals surface area contributed by atoms with Crippen LogP contribution in [0.25, 0.3) is 21.3 Å². The second-order valence-corrected chi connectivity index (χ2v) is 9.30. The minimum Gasteiger partial charge on any atom is -0.477 e. The molecule has 9 heteroatoms. The largest absolute Gasteiger partial charge is 0.477 e. The smallest absolute Gasteiger partial charge is 0.341 e. The lowest BCUT2D eigenvalue weighted by Gasteiger charge is -2.35. The standard InChI is InChI=1S/C23H21N5O3S/c29-20-15-7-8-19(25-21(15)28(14-5-6-14)13-16(20)22(30)31)26-9-11-27(12-10-26)23-24-17-3-1-2-4-18(17)32-23/h1-4,7-8,13-14H,5-6,9-12H2,(H,30,31). The molecule has 0 amide bonds. The number of hydrogen-bond donors (Lipinski definition) is 1. The Balaban J connectivity index is 1.29. The molecule has 1 N–H and O–H groups in total. The number of carbonyl (C=O) groups is 1.